The Morgan fingerprint density at radius 2 is 0.515 bits per heavy atom. The van der Waals surface area contributed by atoms with Crippen molar-refractivity contribution in [3.05, 3.63) is 97.1 Å². The van der Waals surface area contributed by atoms with Crippen molar-refractivity contribution >= 4 is 30.8 Å². The zero-order chi connectivity index (χ0) is 23.3. The summed E-state index contributed by atoms with van der Waals surface area (Å²) in [5.41, 5.74) is 0. The van der Waals surface area contributed by atoms with Crippen LogP contribution in [-0.4, -0.2) is 41.7 Å². The number of methoxy groups -OCH3 is 4. The van der Waals surface area contributed by atoms with Crippen molar-refractivity contribution < 1.29 is 18.9 Å². The van der Waals surface area contributed by atoms with Crippen molar-refractivity contribution in [3.63, 3.8) is 0 Å². The van der Waals surface area contributed by atoms with Gasteiger partial charge in [0.2, 0.25) is 0 Å². The van der Waals surface area contributed by atoms with E-state index in [9.17, 15) is 0 Å². The van der Waals surface area contributed by atoms with Gasteiger partial charge in [0.15, 0.2) is 0 Å². The first-order chi connectivity index (χ1) is 16.1. The van der Waals surface area contributed by atoms with Crippen LogP contribution in [0.25, 0.3) is 0 Å². The molecule has 0 bridgehead atoms. The molecule has 0 aliphatic heterocycles. The second-order valence-corrected chi connectivity index (χ2v) is 15.7. The number of benzene rings is 4. The summed E-state index contributed by atoms with van der Waals surface area (Å²) >= 11 is -3.39. The van der Waals surface area contributed by atoms with Gasteiger partial charge in [-0.2, -0.15) is 0 Å². The van der Waals surface area contributed by atoms with E-state index in [-0.39, 0.29) is 0 Å². The van der Waals surface area contributed by atoms with Gasteiger partial charge in [0.25, 0.3) is 0 Å². The molecule has 0 atom stereocenters. The molecule has 33 heavy (non-hydrogen) atoms. The van der Waals surface area contributed by atoms with Crippen molar-refractivity contribution in [2.24, 2.45) is 0 Å². The van der Waals surface area contributed by atoms with Crippen molar-refractivity contribution in [1.29, 1.82) is 0 Å². The summed E-state index contributed by atoms with van der Waals surface area (Å²) in [5.74, 6) is 3.37. The van der Waals surface area contributed by atoms with Crippen LogP contribution in [0.5, 0.6) is 23.0 Å². The molecule has 168 valence electrons. The summed E-state index contributed by atoms with van der Waals surface area (Å²) in [6.07, 6.45) is 0. The van der Waals surface area contributed by atoms with Gasteiger partial charge >= 0.3 is 198 Å². The molecular weight excluding hydrogens is 473 g/mol. The number of hydrogen-bond donors (Lipinski definition) is 0. The molecule has 0 saturated heterocycles. The van der Waals surface area contributed by atoms with Gasteiger partial charge in [0.1, 0.15) is 0 Å². The zero-order valence-electron chi connectivity index (χ0n) is 19.4. The van der Waals surface area contributed by atoms with Gasteiger partial charge < -0.3 is 0 Å². The average Bonchev–Trinajstić information content (AvgIpc) is 2.90. The molecule has 4 aromatic carbocycles. The minimum absolute atomic E-state index is 0.842. The Morgan fingerprint density at radius 3 is 0.667 bits per heavy atom. The quantitative estimate of drug-likeness (QED) is 0.348. The molecule has 0 heterocycles. The molecule has 0 aromatic heterocycles. The Bertz CT molecular complexity index is 973. The summed E-state index contributed by atoms with van der Waals surface area (Å²) in [7, 11) is 6.78. The van der Waals surface area contributed by atoms with Crippen LogP contribution in [0.15, 0.2) is 97.1 Å². The molecular formula is C28H28GeO4. The van der Waals surface area contributed by atoms with Gasteiger partial charge in [-0.25, -0.2) is 0 Å². The molecule has 0 unspecified atom stereocenters. The van der Waals surface area contributed by atoms with E-state index in [2.05, 4.69) is 48.5 Å². The molecule has 0 N–H and O–H groups in total. The van der Waals surface area contributed by atoms with Gasteiger partial charge in [-0.3, -0.25) is 0 Å². The van der Waals surface area contributed by atoms with Crippen LogP contribution < -0.4 is 36.5 Å². The van der Waals surface area contributed by atoms with Crippen LogP contribution in [0.3, 0.4) is 0 Å². The van der Waals surface area contributed by atoms with Crippen molar-refractivity contribution in [3.8, 4) is 23.0 Å². The fourth-order valence-corrected chi connectivity index (χ4v) is 14.2. The first kappa shape index (κ1) is 22.8. The normalized spacial score (nSPS) is 11.0. The van der Waals surface area contributed by atoms with E-state index in [4.69, 9.17) is 18.9 Å². The molecule has 0 amide bonds. The van der Waals surface area contributed by atoms with Crippen LogP contribution in [0.4, 0.5) is 0 Å². The fraction of sp³-hybridized carbons (Fsp3) is 0.143. The van der Waals surface area contributed by atoms with E-state index >= 15 is 0 Å². The van der Waals surface area contributed by atoms with E-state index in [1.807, 2.05) is 48.5 Å². The van der Waals surface area contributed by atoms with E-state index in [1.165, 1.54) is 17.6 Å². The third-order valence-electron chi connectivity index (χ3n) is 6.09. The molecule has 0 radical (unpaired) electrons. The van der Waals surface area contributed by atoms with Crippen LogP contribution >= 0.6 is 0 Å². The summed E-state index contributed by atoms with van der Waals surface area (Å²) in [4.78, 5) is 0. The predicted octanol–water partition coefficient (Wildman–Crippen LogP) is 3.10. The number of ether oxygens (including phenoxy) is 4. The summed E-state index contributed by atoms with van der Waals surface area (Å²) < 4.78 is 27.1. The molecule has 5 heteroatoms. The van der Waals surface area contributed by atoms with Crippen molar-refractivity contribution in [2.45, 2.75) is 0 Å². The molecule has 0 aliphatic rings. The van der Waals surface area contributed by atoms with E-state index in [1.54, 1.807) is 28.4 Å². The Balaban J connectivity index is 2.05. The second kappa shape index (κ2) is 10.0. The number of hydrogen-bond acceptors (Lipinski definition) is 4. The average molecular weight is 501 g/mol. The molecule has 4 nitrogen and oxygen atoms in total. The minimum atomic E-state index is -3.39. The topological polar surface area (TPSA) is 36.9 Å². The molecule has 0 saturated carbocycles. The van der Waals surface area contributed by atoms with Crippen LogP contribution in [-0.2, 0) is 0 Å². The number of rotatable bonds is 8. The zero-order valence-corrected chi connectivity index (χ0v) is 21.5. The van der Waals surface area contributed by atoms with Crippen molar-refractivity contribution in [2.75, 3.05) is 28.4 Å². The SMILES string of the molecule is COc1cc[c]([Ge]([c]2ccc(OC)cc2)([c]2ccc(OC)cc2)[c]2ccc(OC)cc2)cc1. The van der Waals surface area contributed by atoms with Crippen molar-refractivity contribution in [1.82, 2.24) is 0 Å². The van der Waals surface area contributed by atoms with Gasteiger partial charge in [-0.1, -0.05) is 0 Å². The van der Waals surface area contributed by atoms with Crippen LogP contribution in [0, 0.1) is 0 Å². The van der Waals surface area contributed by atoms with E-state index in [0.29, 0.717) is 0 Å². The summed E-state index contributed by atoms with van der Waals surface area (Å²) in [6, 6.07) is 34.0. The maximum atomic E-state index is 5.46. The Kier molecular flexibility index (Phi) is 6.94. The van der Waals surface area contributed by atoms with E-state index < -0.39 is 13.3 Å². The summed E-state index contributed by atoms with van der Waals surface area (Å²) in [6.45, 7) is 0. The van der Waals surface area contributed by atoms with Gasteiger partial charge in [0.05, 0.1) is 0 Å². The summed E-state index contributed by atoms with van der Waals surface area (Å²) in [5, 5.41) is 0. The third kappa shape index (κ3) is 4.31. The monoisotopic (exact) mass is 502 g/mol. The Morgan fingerprint density at radius 1 is 0.333 bits per heavy atom. The first-order valence-corrected chi connectivity index (χ1v) is 14.9. The van der Waals surface area contributed by atoms with Gasteiger partial charge in [-0.15, -0.1) is 0 Å². The molecule has 4 aromatic rings. The van der Waals surface area contributed by atoms with Crippen LogP contribution in [0.2, 0.25) is 0 Å². The first-order valence-electron chi connectivity index (χ1n) is 10.7. The molecule has 4 rings (SSSR count). The van der Waals surface area contributed by atoms with E-state index in [0.717, 1.165) is 23.0 Å². The molecule has 0 aliphatic carbocycles. The Labute approximate surface area is 198 Å². The fourth-order valence-electron chi connectivity index (χ4n) is 4.36. The molecule has 0 spiro atoms. The third-order valence-corrected chi connectivity index (χ3v) is 16.2. The Hall–Kier alpha value is -3.38. The standard InChI is InChI=1S/C28H28GeO4/c1-30-25-13-5-21(6-14-25)29(22-7-15-26(31-2)16-8-22,23-9-17-27(32-3)18-10-23)24-11-19-28(33-4)20-12-24/h5-20H,1-4H3. The predicted molar refractivity (Wildman–Crippen MR) is 136 cm³/mol. The van der Waals surface area contributed by atoms with Gasteiger partial charge in [0, 0.05) is 0 Å². The second-order valence-electron chi connectivity index (χ2n) is 7.66. The van der Waals surface area contributed by atoms with Gasteiger partial charge in [-0.05, 0) is 0 Å². The molecule has 0 fully saturated rings. The van der Waals surface area contributed by atoms with Crippen LogP contribution in [0.1, 0.15) is 0 Å². The maximum absolute atomic E-state index is 5.46.